The summed E-state index contributed by atoms with van der Waals surface area (Å²) in [6.07, 6.45) is 2.28. The van der Waals surface area contributed by atoms with Crippen LogP contribution in [0, 0.1) is 19.8 Å². The van der Waals surface area contributed by atoms with Gasteiger partial charge < -0.3 is 16.2 Å². The van der Waals surface area contributed by atoms with Crippen LogP contribution in [0.5, 0.6) is 5.75 Å². The molecule has 3 nitrogen and oxygen atoms in total. The van der Waals surface area contributed by atoms with E-state index in [9.17, 15) is 5.11 Å². The molecule has 1 saturated heterocycles. The van der Waals surface area contributed by atoms with Crippen LogP contribution >= 0.6 is 0 Å². The van der Waals surface area contributed by atoms with Crippen LogP contribution in [0.4, 0.5) is 0 Å². The van der Waals surface area contributed by atoms with Gasteiger partial charge in [-0.05, 0) is 62.4 Å². The minimum absolute atomic E-state index is 0.0927. The Balaban J connectivity index is 2.21. The Kier molecular flexibility index (Phi) is 3.69. The first kappa shape index (κ1) is 12.4. The van der Waals surface area contributed by atoms with Gasteiger partial charge in [-0.1, -0.05) is 12.1 Å². The van der Waals surface area contributed by atoms with E-state index >= 15 is 0 Å². The minimum atomic E-state index is 0.0927. The van der Waals surface area contributed by atoms with E-state index in [4.69, 9.17) is 5.73 Å². The molecule has 1 heterocycles. The summed E-state index contributed by atoms with van der Waals surface area (Å²) in [4.78, 5) is 0. The zero-order valence-electron chi connectivity index (χ0n) is 10.7. The normalized spacial score (nSPS) is 19.2. The van der Waals surface area contributed by atoms with Crippen LogP contribution in [0.1, 0.15) is 35.6 Å². The van der Waals surface area contributed by atoms with E-state index in [0.717, 1.165) is 42.6 Å². The number of aryl methyl sites for hydroxylation is 2. The number of rotatable bonds is 2. The molecule has 2 rings (SSSR count). The molecule has 0 saturated carbocycles. The average molecular weight is 234 g/mol. The maximum absolute atomic E-state index is 9.77. The molecule has 0 bridgehead atoms. The van der Waals surface area contributed by atoms with Crippen molar-refractivity contribution in [3.05, 3.63) is 28.8 Å². The van der Waals surface area contributed by atoms with E-state index in [1.807, 2.05) is 26.0 Å². The summed E-state index contributed by atoms with van der Waals surface area (Å²) in [6.45, 7) is 5.99. The second-order valence-electron chi connectivity index (χ2n) is 5.12. The first-order valence-electron chi connectivity index (χ1n) is 6.36. The van der Waals surface area contributed by atoms with Gasteiger partial charge in [0.1, 0.15) is 5.75 Å². The molecule has 0 radical (unpaired) electrons. The molecule has 0 aliphatic carbocycles. The highest BCUT2D eigenvalue weighted by Crippen LogP contribution is 2.31. The number of aromatic hydroxyl groups is 1. The van der Waals surface area contributed by atoms with Gasteiger partial charge in [0, 0.05) is 6.04 Å². The van der Waals surface area contributed by atoms with Gasteiger partial charge in [0.05, 0.1) is 0 Å². The minimum Gasteiger partial charge on any atom is -0.507 e. The van der Waals surface area contributed by atoms with Crippen molar-refractivity contribution >= 4 is 0 Å². The highest BCUT2D eigenvalue weighted by Gasteiger charge is 2.22. The van der Waals surface area contributed by atoms with Crippen LogP contribution in [-0.2, 0) is 0 Å². The molecule has 0 amide bonds. The van der Waals surface area contributed by atoms with E-state index in [0.29, 0.717) is 11.7 Å². The lowest BCUT2D eigenvalue weighted by atomic mass is 9.85. The molecule has 4 N–H and O–H groups in total. The summed E-state index contributed by atoms with van der Waals surface area (Å²) >= 11 is 0. The lowest BCUT2D eigenvalue weighted by Crippen LogP contribution is -2.33. The van der Waals surface area contributed by atoms with Gasteiger partial charge in [-0.15, -0.1) is 0 Å². The largest absolute Gasteiger partial charge is 0.507 e. The smallest absolute Gasteiger partial charge is 0.121 e. The molecule has 0 aromatic heterocycles. The fourth-order valence-corrected chi connectivity index (χ4v) is 2.66. The first-order valence-corrected chi connectivity index (χ1v) is 6.36. The predicted octanol–water partition coefficient (Wildman–Crippen LogP) is 2.01. The summed E-state index contributed by atoms with van der Waals surface area (Å²) in [6, 6.07) is 4.14. The van der Waals surface area contributed by atoms with Crippen molar-refractivity contribution in [1.82, 2.24) is 5.32 Å². The van der Waals surface area contributed by atoms with Gasteiger partial charge in [-0.25, -0.2) is 0 Å². The summed E-state index contributed by atoms with van der Waals surface area (Å²) in [5.74, 6) is 0.950. The maximum atomic E-state index is 9.77. The number of hydrogen-bond donors (Lipinski definition) is 3. The van der Waals surface area contributed by atoms with Crippen LogP contribution in [-0.4, -0.2) is 18.2 Å². The summed E-state index contributed by atoms with van der Waals surface area (Å²) < 4.78 is 0. The van der Waals surface area contributed by atoms with Gasteiger partial charge in [-0.3, -0.25) is 0 Å². The van der Waals surface area contributed by atoms with Crippen molar-refractivity contribution in [3.8, 4) is 5.75 Å². The Labute approximate surface area is 103 Å². The van der Waals surface area contributed by atoms with Crippen LogP contribution < -0.4 is 11.1 Å². The zero-order valence-corrected chi connectivity index (χ0v) is 10.7. The molecule has 1 atom stereocenters. The molecular formula is C14H22N2O. The van der Waals surface area contributed by atoms with Gasteiger partial charge >= 0.3 is 0 Å². The number of hydrogen-bond acceptors (Lipinski definition) is 3. The standard InChI is InChI=1S/C14H22N2O/c1-9-7-12(8-10(2)14(9)17)13(15)11-3-5-16-6-4-11/h7-8,11,13,16-17H,3-6,15H2,1-2H3/t13-/m1/s1. The van der Waals surface area contributed by atoms with E-state index in [1.165, 1.54) is 0 Å². The van der Waals surface area contributed by atoms with E-state index in [1.54, 1.807) is 0 Å². The zero-order chi connectivity index (χ0) is 12.4. The maximum Gasteiger partial charge on any atom is 0.121 e. The number of nitrogens with one attached hydrogen (secondary N) is 1. The fourth-order valence-electron chi connectivity index (χ4n) is 2.66. The lowest BCUT2D eigenvalue weighted by molar-refractivity contribution is 0.322. The van der Waals surface area contributed by atoms with Crippen molar-refractivity contribution in [1.29, 1.82) is 0 Å². The van der Waals surface area contributed by atoms with Crippen molar-refractivity contribution in [3.63, 3.8) is 0 Å². The van der Waals surface area contributed by atoms with Crippen molar-refractivity contribution in [2.45, 2.75) is 32.7 Å². The first-order chi connectivity index (χ1) is 8.09. The highest BCUT2D eigenvalue weighted by atomic mass is 16.3. The Morgan fingerprint density at radius 2 is 1.76 bits per heavy atom. The average Bonchev–Trinajstić information content (AvgIpc) is 2.35. The van der Waals surface area contributed by atoms with Crippen LogP contribution in [0.3, 0.4) is 0 Å². The summed E-state index contributed by atoms with van der Waals surface area (Å²) in [5.41, 5.74) is 9.35. The third-order valence-electron chi connectivity index (χ3n) is 3.79. The summed E-state index contributed by atoms with van der Waals surface area (Å²) in [7, 11) is 0. The fraction of sp³-hybridized carbons (Fsp3) is 0.571. The number of benzene rings is 1. The molecule has 1 aliphatic rings. The summed E-state index contributed by atoms with van der Waals surface area (Å²) in [5, 5.41) is 13.1. The Morgan fingerprint density at radius 1 is 1.24 bits per heavy atom. The molecule has 3 heteroatoms. The van der Waals surface area contributed by atoms with Gasteiger partial charge in [-0.2, -0.15) is 0 Å². The predicted molar refractivity (Wildman–Crippen MR) is 70.1 cm³/mol. The van der Waals surface area contributed by atoms with E-state index < -0.39 is 0 Å². The molecule has 1 fully saturated rings. The lowest BCUT2D eigenvalue weighted by Gasteiger charge is -2.28. The third kappa shape index (κ3) is 2.61. The van der Waals surface area contributed by atoms with Crippen LogP contribution in [0.25, 0.3) is 0 Å². The number of phenolic OH excluding ortho intramolecular Hbond substituents is 1. The molecule has 0 spiro atoms. The molecule has 17 heavy (non-hydrogen) atoms. The van der Waals surface area contributed by atoms with E-state index in [2.05, 4.69) is 5.32 Å². The number of piperidine rings is 1. The highest BCUT2D eigenvalue weighted by molar-refractivity contribution is 5.43. The van der Waals surface area contributed by atoms with E-state index in [-0.39, 0.29) is 6.04 Å². The Morgan fingerprint density at radius 3 is 2.29 bits per heavy atom. The molecule has 0 unspecified atom stereocenters. The van der Waals surface area contributed by atoms with Crippen molar-refractivity contribution in [2.75, 3.05) is 13.1 Å². The Hall–Kier alpha value is -1.06. The molecule has 1 aromatic carbocycles. The van der Waals surface area contributed by atoms with Gasteiger partial charge in [0.25, 0.3) is 0 Å². The Bertz CT molecular complexity index is 374. The quantitative estimate of drug-likeness (QED) is 0.733. The second-order valence-corrected chi connectivity index (χ2v) is 5.12. The topological polar surface area (TPSA) is 58.3 Å². The third-order valence-corrected chi connectivity index (χ3v) is 3.79. The molecule has 1 aromatic rings. The van der Waals surface area contributed by atoms with Gasteiger partial charge in [0.15, 0.2) is 0 Å². The SMILES string of the molecule is Cc1cc([C@H](N)C2CCNCC2)cc(C)c1O. The molecule has 1 aliphatic heterocycles. The van der Waals surface area contributed by atoms with Gasteiger partial charge in [0.2, 0.25) is 0 Å². The number of nitrogens with two attached hydrogens (primary N) is 1. The molecular weight excluding hydrogens is 212 g/mol. The monoisotopic (exact) mass is 234 g/mol. The number of phenols is 1. The van der Waals surface area contributed by atoms with Crippen LogP contribution in [0.2, 0.25) is 0 Å². The second kappa shape index (κ2) is 5.07. The van der Waals surface area contributed by atoms with Crippen molar-refractivity contribution < 1.29 is 5.11 Å². The molecule has 94 valence electrons. The van der Waals surface area contributed by atoms with Crippen molar-refractivity contribution in [2.24, 2.45) is 11.7 Å². The van der Waals surface area contributed by atoms with Crippen LogP contribution in [0.15, 0.2) is 12.1 Å².